The molecule has 0 unspecified atom stereocenters. The summed E-state index contributed by atoms with van der Waals surface area (Å²) in [5, 5.41) is 3.00. The Hall–Kier alpha value is -4.00. The van der Waals surface area contributed by atoms with E-state index < -0.39 is 5.91 Å². The molecule has 0 fully saturated rings. The van der Waals surface area contributed by atoms with Crippen LogP contribution in [0.25, 0.3) is 0 Å². The van der Waals surface area contributed by atoms with Gasteiger partial charge in [-0.1, -0.05) is 24.3 Å². The van der Waals surface area contributed by atoms with Gasteiger partial charge in [-0.25, -0.2) is 0 Å². The van der Waals surface area contributed by atoms with E-state index in [1.807, 2.05) is 48.5 Å². The first-order chi connectivity index (χ1) is 15.0. The summed E-state index contributed by atoms with van der Waals surface area (Å²) in [6.07, 6.45) is 0. The van der Waals surface area contributed by atoms with Crippen LogP contribution >= 0.6 is 0 Å². The molecule has 0 radical (unpaired) electrons. The molecule has 7 heteroatoms. The van der Waals surface area contributed by atoms with Crippen molar-refractivity contribution in [2.75, 3.05) is 20.8 Å². The third-order valence-corrected chi connectivity index (χ3v) is 4.71. The van der Waals surface area contributed by atoms with Crippen LogP contribution in [0.5, 0.6) is 17.2 Å². The highest BCUT2D eigenvalue weighted by Gasteiger charge is 2.18. The molecule has 0 atom stereocenters. The number of carbonyl (C=O) groups is 2. The Morgan fingerprint density at radius 2 is 1.23 bits per heavy atom. The fourth-order valence-electron chi connectivity index (χ4n) is 3.02. The minimum absolute atomic E-state index is 0.182. The molecule has 0 bridgehead atoms. The summed E-state index contributed by atoms with van der Waals surface area (Å²) in [5.41, 5.74) is 7.39. The maximum Gasteiger partial charge on any atom is 0.258 e. The number of hydrogen-bond donors (Lipinski definition) is 2. The molecule has 0 aromatic heterocycles. The van der Waals surface area contributed by atoms with Crippen LogP contribution < -0.4 is 25.3 Å². The number of hydrogen-bond acceptors (Lipinski definition) is 5. The Kier molecular flexibility index (Phi) is 7.11. The number of rotatable bonds is 9. The van der Waals surface area contributed by atoms with Gasteiger partial charge in [-0.2, -0.15) is 0 Å². The topological polar surface area (TPSA) is 99.9 Å². The first-order valence-electron chi connectivity index (χ1n) is 9.60. The van der Waals surface area contributed by atoms with Crippen LogP contribution in [0.3, 0.4) is 0 Å². The monoisotopic (exact) mass is 420 g/mol. The van der Waals surface area contributed by atoms with Crippen molar-refractivity contribution in [1.29, 1.82) is 0 Å². The molecule has 7 nitrogen and oxygen atoms in total. The summed E-state index contributed by atoms with van der Waals surface area (Å²) >= 11 is 0. The second-order valence-corrected chi connectivity index (χ2v) is 6.72. The van der Waals surface area contributed by atoms with Gasteiger partial charge < -0.3 is 25.3 Å². The van der Waals surface area contributed by atoms with E-state index >= 15 is 0 Å². The maximum atomic E-state index is 12.6. The van der Waals surface area contributed by atoms with Crippen LogP contribution in [-0.2, 0) is 4.79 Å². The highest BCUT2D eigenvalue weighted by Crippen LogP contribution is 2.26. The molecule has 160 valence electrons. The number of ether oxygens (including phenoxy) is 3. The van der Waals surface area contributed by atoms with E-state index in [4.69, 9.17) is 19.9 Å². The highest BCUT2D eigenvalue weighted by molar-refractivity contribution is 5.92. The van der Waals surface area contributed by atoms with E-state index in [2.05, 4.69) is 5.32 Å². The van der Waals surface area contributed by atoms with Crippen LogP contribution in [0.15, 0.2) is 72.8 Å². The summed E-state index contributed by atoms with van der Waals surface area (Å²) in [7, 11) is 3.20. The number of amides is 2. The van der Waals surface area contributed by atoms with E-state index in [0.717, 1.165) is 22.6 Å². The van der Waals surface area contributed by atoms with Crippen molar-refractivity contribution in [3.63, 3.8) is 0 Å². The third-order valence-electron chi connectivity index (χ3n) is 4.71. The summed E-state index contributed by atoms with van der Waals surface area (Å²) in [6, 6.07) is 20.9. The van der Waals surface area contributed by atoms with Crippen LogP contribution in [-0.4, -0.2) is 32.6 Å². The number of methoxy groups -OCH3 is 2. The van der Waals surface area contributed by atoms with Gasteiger partial charge in [0.2, 0.25) is 5.91 Å². The lowest BCUT2D eigenvalue weighted by atomic mass is 9.98. The van der Waals surface area contributed by atoms with Crippen molar-refractivity contribution in [2.24, 2.45) is 5.73 Å². The van der Waals surface area contributed by atoms with Gasteiger partial charge in [-0.05, 0) is 59.7 Å². The number of primary amides is 1. The standard InChI is InChI=1S/C24H24N2O5/c1-29-19-9-3-16(4-10-19)23(17-5-11-20(30-2)12-6-17)26-22(27)15-31-21-13-7-18(8-14-21)24(25)28/h3-14,23H,15H2,1-2H3,(H2,25,28)(H,26,27). The summed E-state index contributed by atoms with van der Waals surface area (Å²) < 4.78 is 16.0. The second kappa shape index (κ2) is 10.2. The quantitative estimate of drug-likeness (QED) is 0.554. The predicted octanol–water partition coefficient (Wildman–Crippen LogP) is 3.09. The maximum absolute atomic E-state index is 12.6. The fraction of sp³-hybridized carbons (Fsp3) is 0.167. The van der Waals surface area contributed by atoms with E-state index in [1.165, 1.54) is 0 Å². The van der Waals surface area contributed by atoms with Crippen LogP contribution in [0.1, 0.15) is 27.5 Å². The largest absolute Gasteiger partial charge is 0.497 e. The van der Waals surface area contributed by atoms with Crippen molar-refractivity contribution in [3.8, 4) is 17.2 Å². The van der Waals surface area contributed by atoms with E-state index in [1.54, 1.807) is 38.5 Å². The molecule has 3 aromatic rings. The molecular weight excluding hydrogens is 396 g/mol. The first kappa shape index (κ1) is 21.7. The van der Waals surface area contributed by atoms with E-state index in [0.29, 0.717) is 11.3 Å². The average Bonchev–Trinajstić information content (AvgIpc) is 2.81. The minimum Gasteiger partial charge on any atom is -0.497 e. The molecule has 31 heavy (non-hydrogen) atoms. The first-order valence-corrected chi connectivity index (χ1v) is 9.60. The second-order valence-electron chi connectivity index (χ2n) is 6.72. The van der Waals surface area contributed by atoms with Gasteiger partial charge in [0, 0.05) is 5.56 Å². The molecule has 0 saturated carbocycles. The van der Waals surface area contributed by atoms with Gasteiger partial charge in [0.1, 0.15) is 17.2 Å². The molecule has 3 aromatic carbocycles. The van der Waals surface area contributed by atoms with E-state index in [-0.39, 0.29) is 18.6 Å². The van der Waals surface area contributed by atoms with Gasteiger partial charge in [0.05, 0.1) is 20.3 Å². The number of benzene rings is 3. The van der Waals surface area contributed by atoms with Crippen molar-refractivity contribution in [1.82, 2.24) is 5.32 Å². The smallest absolute Gasteiger partial charge is 0.258 e. The Labute approximate surface area is 180 Å². The fourth-order valence-corrected chi connectivity index (χ4v) is 3.02. The predicted molar refractivity (Wildman–Crippen MR) is 116 cm³/mol. The Balaban J connectivity index is 1.73. The molecular formula is C24H24N2O5. The molecule has 2 amide bonds. The molecule has 0 heterocycles. The van der Waals surface area contributed by atoms with Crippen LogP contribution in [0, 0.1) is 0 Å². The molecule has 0 saturated heterocycles. The van der Waals surface area contributed by atoms with E-state index in [9.17, 15) is 9.59 Å². The zero-order chi connectivity index (χ0) is 22.2. The zero-order valence-electron chi connectivity index (χ0n) is 17.3. The lowest BCUT2D eigenvalue weighted by Gasteiger charge is -2.20. The van der Waals surface area contributed by atoms with Crippen molar-refractivity contribution in [2.45, 2.75) is 6.04 Å². The van der Waals surface area contributed by atoms with Gasteiger partial charge in [0.25, 0.3) is 5.91 Å². The third kappa shape index (κ3) is 5.76. The Morgan fingerprint density at radius 1 is 0.774 bits per heavy atom. The molecule has 3 rings (SSSR count). The van der Waals surface area contributed by atoms with Crippen molar-refractivity contribution < 1.29 is 23.8 Å². The summed E-state index contributed by atoms with van der Waals surface area (Å²) in [6.45, 7) is -0.182. The lowest BCUT2D eigenvalue weighted by molar-refractivity contribution is -0.123. The number of nitrogens with one attached hydrogen (secondary N) is 1. The Bertz CT molecular complexity index is 968. The number of nitrogens with two attached hydrogens (primary N) is 1. The van der Waals surface area contributed by atoms with Gasteiger partial charge in [-0.3, -0.25) is 9.59 Å². The van der Waals surface area contributed by atoms with Crippen LogP contribution in [0.2, 0.25) is 0 Å². The Morgan fingerprint density at radius 3 is 1.65 bits per heavy atom. The molecule has 0 aliphatic carbocycles. The van der Waals surface area contributed by atoms with Gasteiger partial charge in [0.15, 0.2) is 6.61 Å². The summed E-state index contributed by atoms with van der Waals surface area (Å²) in [5.74, 6) is 1.10. The van der Waals surface area contributed by atoms with Gasteiger partial charge >= 0.3 is 0 Å². The normalized spacial score (nSPS) is 10.4. The molecule has 3 N–H and O–H groups in total. The SMILES string of the molecule is COc1ccc(C(NC(=O)COc2ccc(C(N)=O)cc2)c2ccc(OC)cc2)cc1. The van der Waals surface area contributed by atoms with Crippen LogP contribution in [0.4, 0.5) is 0 Å². The molecule has 0 aliphatic heterocycles. The minimum atomic E-state index is -0.522. The van der Waals surface area contributed by atoms with Crippen molar-refractivity contribution >= 4 is 11.8 Å². The van der Waals surface area contributed by atoms with Crippen molar-refractivity contribution in [3.05, 3.63) is 89.5 Å². The molecule has 0 spiro atoms. The summed E-state index contributed by atoms with van der Waals surface area (Å²) in [4.78, 5) is 23.8. The molecule has 0 aliphatic rings. The lowest BCUT2D eigenvalue weighted by Crippen LogP contribution is -2.33. The van der Waals surface area contributed by atoms with Gasteiger partial charge in [-0.15, -0.1) is 0 Å². The highest BCUT2D eigenvalue weighted by atomic mass is 16.5. The number of carbonyl (C=O) groups excluding carboxylic acids is 2. The average molecular weight is 420 g/mol. The zero-order valence-corrected chi connectivity index (χ0v) is 17.3.